The molecule has 9 heteroatoms. The summed E-state index contributed by atoms with van der Waals surface area (Å²) in [5, 5.41) is 19.5. The van der Waals surface area contributed by atoms with Crippen molar-refractivity contribution in [1.82, 2.24) is 4.72 Å². The number of nitro benzene ring substituents is 1. The molecule has 2 aromatic rings. The van der Waals surface area contributed by atoms with Gasteiger partial charge in [0.25, 0.3) is 5.69 Å². The van der Waals surface area contributed by atoms with Crippen LogP contribution in [0.2, 0.25) is 0 Å². The Morgan fingerprint density at radius 3 is 2.64 bits per heavy atom. The van der Waals surface area contributed by atoms with Crippen molar-refractivity contribution in [3.05, 3.63) is 75.1 Å². The molecule has 1 N–H and O–H groups in total. The van der Waals surface area contributed by atoms with Gasteiger partial charge >= 0.3 is 0 Å². The van der Waals surface area contributed by atoms with Crippen molar-refractivity contribution in [2.45, 2.75) is 18.7 Å². The number of hydrogen-bond acceptors (Lipinski definition) is 5. The lowest BCUT2D eigenvalue weighted by Crippen LogP contribution is -2.28. The third-order valence-corrected chi connectivity index (χ3v) is 4.86. The maximum atomic E-state index is 14.0. The van der Waals surface area contributed by atoms with E-state index in [4.69, 9.17) is 5.26 Å². The van der Waals surface area contributed by atoms with Gasteiger partial charge in [-0.25, -0.2) is 17.5 Å². The van der Waals surface area contributed by atoms with Gasteiger partial charge in [0.15, 0.2) is 0 Å². The monoisotopic (exact) mass is 363 g/mol. The molecule has 0 spiro atoms. The van der Waals surface area contributed by atoms with E-state index in [2.05, 4.69) is 4.72 Å². The van der Waals surface area contributed by atoms with Gasteiger partial charge in [-0.1, -0.05) is 18.2 Å². The van der Waals surface area contributed by atoms with E-state index in [0.29, 0.717) is 0 Å². The zero-order valence-corrected chi connectivity index (χ0v) is 14.0. The summed E-state index contributed by atoms with van der Waals surface area (Å²) in [6.45, 7) is 1.47. The van der Waals surface area contributed by atoms with Crippen LogP contribution in [0.5, 0.6) is 0 Å². The van der Waals surface area contributed by atoms with E-state index in [0.717, 1.165) is 6.07 Å². The Morgan fingerprint density at radius 1 is 1.32 bits per heavy atom. The van der Waals surface area contributed by atoms with Gasteiger partial charge in [-0.15, -0.1) is 0 Å². The largest absolute Gasteiger partial charge is 0.269 e. The van der Waals surface area contributed by atoms with E-state index < -0.39 is 32.6 Å². The van der Waals surface area contributed by atoms with Gasteiger partial charge in [0, 0.05) is 23.7 Å². The quantitative estimate of drug-likeness (QED) is 0.626. The van der Waals surface area contributed by atoms with Gasteiger partial charge in [-0.2, -0.15) is 5.26 Å². The van der Waals surface area contributed by atoms with Crippen molar-refractivity contribution in [3.63, 3.8) is 0 Å². The van der Waals surface area contributed by atoms with Crippen molar-refractivity contribution in [2.75, 3.05) is 0 Å². The zero-order valence-electron chi connectivity index (χ0n) is 13.1. The van der Waals surface area contributed by atoms with Crippen LogP contribution in [0.4, 0.5) is 10.1 Å². The highest BCUT2D eigenvalue weighted by molar-refractivity contribution is 7.88. The molecule has 0 bridgehead atoms. The molecule has 0 aliphatic carbocycles. The van der Waals surface area contributed by atoms with Crippen molar-refractivity contribution < 1.29 is 17.7 Å². The van der Waals surface area contributed by atoms with Gasteiger partial charge in [-0.05, 0) is 24.6 Å². The summed E-state index contributed by atoms with van der Waals surface area (Å²) in [5.74, 6) is -1.17. The summed E-state index contributed by atoms with van der Waals surface area (Å²) in [6.07, 6.45) is 0. The highest BCUT2D eigenvalue weighted by Crippen LogP contribution is 2.20. The minimum Gasteiger partial charge on any atom is -0.258 e. The molecule has 1 atom stereocenters. The third kappa shape index (κ3) is 4.82. The van der Waals surface area contributed by atoms with Crippen LogP contribution < -0.4 is 4.72 Å². The molecular formula is C16H14FN3O4S. The summed E-state index contributed by atoms with van der Waals surface area (Å²) in [6, 6.07) is 9.98. The fraction of sp³-hybridized carbons (Fsp3) is 0.188. The van der Waals surface area contributed by atoms with Crippen LogP contribution in [-0.4, -0.2) is 13.3 Å². The SMILES string of the molecule is CC(NS(=O)(=O)Cc1cccc([N+](=O)[O-])c1)c1ccc(C#N)cc1F. The van der Waals surface area contributed by atoms with E-state index in [1.165, 1.54) is 43.3 Å². The van der Waals surface area contributed by atoms with Crippen LogP contribution in [0.3, 0.4) is 0 Å². The maximum absolute atomic E-state index is 14.0. The topological polar surface area (TPSA) is 113 Å². The third-order valence-electron chi connectivity index (χ3n) is 3.43. The zero-order chi connectivity index (χ0) is 18.6. The number of sulfonamides is 1. The van der Waals surface area contributed by atoms with Crippen LogP contribution in [0.15, 0.2) is 42.5 Å². The molecule has 0 amide bonds. The lowest BCUT2D eigenvalue weighted by Gasteiger charge is -2.15. The molecule has 0 saturated heterocycles. The summed E-state index contributed by atoms with van der Waals surface area (Å²) < 4.78 is 40.8. The lowest BCUT2D eigenvalue weighted by molar-refractivity contribution is -0.384. The van der Waals surface area contributed by atoms with Crippen LogP contribution in [0, 0.1) is 27.3 Å². The molecule has 2 aromatic carbocycles. The minimum absolute atomic E-state index is 0.0987. The molecule has 2 rings (SSSR count). The number of nitrogens with zero attached hydrogens (tertiary/aromatic N) is 2. The Hall–Kier alpha value is -2.83. The smallest absolute Gasteiger partial charge is 0.258 e. The fourth-order valence-corrected chi connectivity index (χ4v) is 3.67. The molecule has 0 fully saturated rings. The molecule has 130 valence electrons. The molecule has 0 aromatic heterocycles. The standard InChI is InChI=1S/C16H14FN3O4S/c1-11(15-6-5-12(9-18)8-16(15)17)19-25(23,24)10-13-3-2-4-14(7-13)20(21)22/h2-8,11,19H,10H2,1H3. The second-order valence-electron chi connectivity index (χ2n) is 5.37. The molecule has 0 aliphatic rings. The van der Waals surface area contributed by atoms with Crippen molar-refractivity contribution in [1.29, 1.82) is 5.26 Å². The number of hydrogen-bond donors (Lipinski definition) is 1. The van der Waals surface area contributed by atoms with Crippen LogP contribution >= 0.6 is 0 Å². The van der Waals surface area contributed by atoms with E-state index in [-0.39, 0.29) is 22.4 Å². The van der Waals surface area contributed by atoms with Crippen LogP contribution in [0.25, 0.3) is 0 Å². The van der Waals surface area contributed by atoms with Gasteiger partial charge < -0.3 is 0 Å². The summed E-state index contributed by atoms with van der Waals surface area (Å²) in [7, 11) is -3.86. The number of benzene rings is 2. The Balaban J connectivity index is 2.17. The molecule has 7 nitrogen and oxygen atoms in total. The normalized spacial score (nSPS) is 12.4. The fourth-order valence-electron chi connectivity index (χ4n) is 2.30. The predicted octanol–water partition coefficient (Wildman–Crippen LogP) is 2.79. The highest BCUT2D eigenvalue weighted by Gasteiger charge is 2.20. The lowest BCUT2D eigenvalue weighted by atomic mass is 10.1. The van der Waals surface area contributed by atoms with Crippen molar-refractivity contribution in [2.24, 2.45) is 0 Å². The molecule has 0 saturated carbocycles. The highest BCUT2D eigenvalue weighted by atomic mass is 32.2. The first kappa shape index (κ1) is 18.5. The Morgan fingerprint density at radius 2 is 2.04 bits per heavy atom. The van der Waals surface area contributed by atoms with E-state index in [1.54, 1.807) is 6.07 Å². The maximum Gasteiger partial charge on any atom is 0.269 e. The predicted molar refractivity (Wildman–Crippen MR) is 88.4 cm³/mol. The average molecular weight is 363 g/mol. The van der Waals surface area contributed by atoms with Gasteiger partial charge in [0.1, 0.15) is 5.82 Å². The number of non-ortho nitro benzene ring substituents is 1. The first-order valence-corrected chi connectivity index (χ1v) is 8.80. The Bertz CT molecular complexity index is 954. The van der Waals surface area contributed by atoms with E-state index >= 15 is 0 Å². The van der Waals surface area contributed by atoms with E-state index in [9.17, 15) is 22.9 Å². The Kier molecular flexibility index (Phi) is 5.46. The Labute approximate surface area is 143 Å². The molecule has 0 radical (unpaired) electrons. The van der Waals surface area contributed by atoms with Gasteiger partial charge in [0.05, 0.1) is 22.3 Å². The number of nitro groups is 1. The minimum atomic E-state index is -3.86. The van der Waals surface area contributed by atoms with Crippen molar-refractivity contribution >= 4 is 15.7 Å². The van der Waals surface area contributed by atoms with Crippen LogP contribution in [0.1, 0.15) is 29.7 Å². The summed E-state index contributed by atoms with van der Waals surface area (Å²) in [4.78, 5) is 10.1. The number of nitrogens with one attached hydrogen (secondary N) is 1. The number of nitriles is 1. The first-order chi connectivity index (χ1) is 11.7. The molecule has 25 heavy (non-hydrogen) atoms. The second kappa shape index (κ2) is 7.38. The average Bonchev–Trinajstić information content (AvgIpc) is 2.53. The second-order valence-corrected chi connectivity index (χ2v) is 7.13. The van der Waals surface area contributed by atoms with Gasteiger partial charge in [-0.3, -0.25) is 10.1 Å². The van der Waals surface area contributed by atoms with Gasteiger partial charge in [0.2, 0.25) is 10.0 Å². The molecule has 0 heterocycles. The summed E-state index contributed by atoms with van der Waals surface area (Å²) in [5.41, 5.74) is 0.266. The van der Waals surface area contributed by atoms with E-state index in [1.807, 2.05) is 0 Å². The van der Waals surface area contributed by atoms with Crippen LogP contribution in [-0.2, 0) is 15.8 Å². The molecule has 0 aliphatic heterocycles. The number of halogens is 1. The summed E-state index contributed by atoms with van der Waals surface area (Å²) >= 11 is 0. The number of rotatable bonds is 6. The van der Waals surface area contributed by atoms with Crippen molar-refractivity contribution in [3.8, 4) is 6.07 Å². The first-order valence-electron chi connectivity index (χ1n) is 7.15. The molecule has 1 unspecified atom stereocenters. The molecular weight excluding hydrogens is 349 g/mol.